The van der Waals surface area contributed by atoms with Crippen LogP contribution in [0, 0.1) is 10.1 Å². The molecular weight excluding hydrogens is 226 g/mol. The number of nitro benzene ring substituents is 1. The van der Waals surface area contributed by atoms with Crippen molar-refractivity contribution in [2.24, 2.45) is 11.6 Å². The average Bonchev–Trinajstić information content (AvgIpc) is 2.27. The van der Waals surface area contributed by atoms with Crippen molar-refractivity contribution < 1.29 is 9.72 Å². The van der Waals surface area contributed by atoms with Gasteiger partial charge in [0.25, 0.3) is 0 Å². The molecule has 0 saturated carbocycles. The first-order valence-corrected chi connectivity index (χ1v) is 4.82. The molecule has 0 atom stereocenters. The molecule has 1 rings (SSSR count). The zero-order valence-corrected chi connectivity index (χ0v) is 8.97. The highest BCUT2D eigenvalue weighted by molar-refractivity contribution is 5.77. The molecule has 0 aromatic heterocycles. The predicted octanol–water partition coefficient (Wildman–Crippen LogP) is 0.168. The number of hydrogen-bond donors (Lipinski definition) is 4. The lowest BCUT2D eigenvalue weighted by Gasteiger charge is -2.08. The standard InChI is InChI=1S/C9H13N5O3/c10-8(15)4-5-12-6-2-1-3-7(13-11)9(6)14(16)17/h1-3,12-13H,4-5,11H2,(H2,10,15). The van der Waals surface area contributed by atoms with Crippen LogP contribution in [0.5, 0.6) is 0 Å². The first-order valence-electron chi connectivity index (χ1n) is 4.82. The van der Waals surface area contributed by atoms with Crippen LogP contribution in [0.3, 0.4) is 0 Å². The first-order chi connectivity index (χ1) is 8.06. The van der Waals surface area contributed by atoms with E-state index in [4.69, 9.17) is 11.6 Å². The normalized spacial score (nSPS) is 9.71. The maximum atomic E-state index is 10.9. The number of carbonyl (C=O) groups is 1. The number of nitrogens with zero attached hydrogens (tertiary/aromatic N) is 1. The van der Waals surface area contributed by atoms with Gasteiger partial charge in [-0.15, -0.1) is 0 Å². The van der Waals surface area contributed by atoms with E-state index in [1.807, 2.05) is 0 Å². The quantitative estimate of drug-likeness (QED) is 0.317. The van der Waals surface area contributed by atoms with Crippen molar-refractivity contribution in [3.63, 3.8) is 0 Å². The molecule has 0 spiro atoms. The van der Waals surface area contributed by atoms with E-state index in [1.165, 1.54) is 12.1 Å². The summed E-state index contributed by atoms with van der Waals surface area (Å²) in [6.45, 7) is 0.226. The SMILES string of the molecule is NNc1cccc(NCCC(N)=O)c1[N+](=O)[O-]. The fourth-order valence-corrected chi connectivity index (χ4v) is 1.32. The van der Waals surface area contributed by atoms with Crippen LogP contribution in [0.2, 0.25) is 0 Å². The van der Waals surface area contributed by atoms with Crippen molar-refractivity contribution in [3.8, 4) is 0 Å². The van der Waals surface area contributed by atoms with Crippen molar-refractivity contribution in [1.29, 1.82) is 0 Å². The Morgan fingerprint density at radius 2 is 2.06 bits per heavy atom. The highest BCUT2D eigenvalue weighted by atomic mass is 16.6. The van der Waals surface area contributed by atoms with Crippen molar-refractivity contribution in [2.45, 2.75) is 6.42 Å². The van der Waals surface area contributed by atoms with E-state index in [0.29, 0.717) is 0 Å². The molecule has 8 heteroatoms. The highest BCUT2D eigenvalue weighted by Gasteiger charge is 2.18. The highest BCUT2D eigenvalue weighted by Crippen LogP contribution is 2.31. The number of primary amides is 1. The summed E-state index contributed by atoms with van der Waals surface area (Å²) in [5.41, 5.74) is 7.52. The van der Waals surface area contributed by atoms with Gasteiger partial charge in [0.2, 0.25) is 5.91 Å². The molecule has 17 heavy (non-hydrogen) atoms. The second kappa shape index (κ2) is 5.66. The summed E-state index contributed by atoms with van der Waals surface area (Å²) >= 11 is 0. The lowest BCUT2D eigenvalue weighted by molar-refractivity contribution is -0.383. The lowest BCUT2D eigenvalue weighted by atomic mass is 10.2. The molecule has 1 aromatic rings. The Morgan fingerprint density at radius 1 is 1.41 bits per heavy atom. The van der Waals surface area contributed by atoms with E-state index in [2.05, 4.69) is 10.7 Å². The van der Waals surface area contributed by atoms with Crippen LogP contribution in [-0.2, 0) is 4.79 Å². The molecule has 1 amide bonds. The van der Waals surface area contributed by atoms with Crippen LogP contribution < -0.4 is 22.3 Å². The Hall–Kier alpha value is -2.35. The van der Waals surface area contributed by atoms with Crippen LogP contribution in [0.1, 0.15) is 6.42 Å². The first kappa shape index (κ1) is 12.7. The maximum Gasteiger partial charge on any atom is 0.316 e. The fraction of sp³-hybridized carbons (Fsp3) is 0.222. The van der Waals surface area contributed by atoms with E-state index in [-0.39, 0.29) is 30.0 Å². The largest absolute Gasteiger partial charge is 0.379 e. The van der Waals surface area contributed by atoms with Gasteiger partial charge in [-0.25, -0.2) is 0 Å². The van der Waals surface area contributed by atoms with Crippen LogP contribution in [0.4, 0.5) is 17.1 Å². The van der Waals surface area contributed by atoms with Crippen LogP contribution >= 0.6 is 0 Å². The number of hydrazine groups is 1. The number of carbonyl (C=O) groups excluding carboxylic acids is 1. The number of hydrogen-bond acceptors (Lipinski definition) is 6. The maximum absolute atomic E-state index is 10.9. The van der Waals surface area contributed by atoms with Gasteiger partial charge >= 0.3 is 5.69 Å². The van der Waals surface area contributed by atoms with Crippen molar-refractivity contribution in [2.75, 3.05) is 17.3 Å². The number of benzene rings is 1. The fourth-order valence-electron chi connectivity index (χ4n) is 1.32. The van der Waals surface area contributed by atoms with E-state index in [1.54, 1.807) is 6.07 Å². The van der Waals surface area contributed by atoms with Crippen molar-refractivity contribution in [3.05, 3.63) is 28.3 Å². The third kappa shape index (κ3) is 3.31. The Labute approximate surface area is 97.1 Å². The Morgan fingerprint density at radius 3 is 2.59 bits per heavy atom. The topological polar surface area (TPSA) is 136 Å². The summed E-state index contributed by atoms with van der Waals surface area (Å²) < 4.78 is 0. The zero-order chi connectivity index (χ0) is 12.8. The number of nitrogens with two attached hydrogens (primary N) is 2. The van der Waals surface area contributed by atoms with Gasteiger partial charge in [-0.05, 0) is 12.1 Å². The van der Waals surface area contributed by atoms with Crippen LogP contribution in [0.15, 0.2) is 18.2 Å². The Balaban J connectivity index is 2.90. The van der Waals surface area contributed by atoms with Crippen molar-refractivity contribution in [1.82, 2.24) is 0 Å². The van der Waals surface area contributed by atoms with Gasteiger partial charge in [0.1, 0.15) is 11.4 Å². The molecule has 92 valence electrons. The summed E-state index contributed by atoms with van der Waals surface area (Å²) in [6.07, 6.45) is 0.0947. The van der Waals surface area contributed by atoms with E-state index >= 15 is 0 Å². The van der Waals surface area contributed by atoms with E-state index in [0.717, 1.165) is 0 Å². The second-order valence-corrected chi connectivity index (χ2v) is 3.25. The minimum atomic E-state index is -0.554. The molecule has 0 fully saturated rings. The van der Waals surface area contributed by atoms with Gasteiger partial charge in [0.15, 0.2) is 0 Å². The summed E-state index contributed by atoms with van der Waals surface area (Å²) in [4.78, 5) is 20.9. The number of nitrogen functional groups attached to an aromatic ring is 1. The van der Waals surface area contributed by atoms with Gasteiger partial charge in [-0.2, -0.15) is 0 Å². The molecule has 0 aliphatic carbocycles. The summed E-state index contributed by atoms with van der Waals surface area (Å²) in [5, 5.41) is 13.6. The molecule has 0 radical (unpaired) electrons. The third-order valence-electron chi connectivity index (χ3n) is 2.06. The van der Waals surface area contributed by atoms with E-state index < -0.39 is 10.8 Å². The molecule has 1 aromatic carbocycles. The smallest absolute Gasteiger partial charge is 0.316 e. The summed E-state index contributed by atoms with van der Waals surface area (Å²) in [6, 6.07) is 4.62. The van der Waals surface area contributed by atoms with E-state index in [9.17, 15) is 14.9 Å². The Kier molecular flexibility index (Phi) is 4.23. The number of anilines is 2. The second-order valence-electron chi connectivity index (χ2n) is 3.25. The number of nitro groups is 1. The van der Waals surface area contributed by atoms with Gasteiger partial charge in [0.05, 0.1) is 4.92 Å². The molecule has 8 nitrogen and oxygen atoms in total. The molecule has 0 aliphatic heterocycles. The number of para-hydroxylation sites is 1. The van der Waals surface area contributed by atoms with Gasteiger partial charge < -0.3 is 16.5 Å². The summed E-state index contributed by atoms with van der Waals surface area (Å²) in [5.74, 6) is 4.70. The number of amides is 1. The molecule has 0 saturated heterocycles. The summed E-state index contributed by atoms with van der Waals surface area (Å²) in [7, 11) is 0. The van der Waals surface area contributed by atoms with Gasteiger partial charge in [-0.1, -0.05) is 6.07 Å². The average molecular weight is 239 g/mol. The minimum Gasteiger partial charge on any atom is -0.379 e. The van der Waals surface area contributed by atoms with Crippen LogP contribution in [-0.4, -0.2) is 17.4 Å². The van der Waals surface area contributed by atoms with Gasteiger partial charge in [-0.3, -0.25) is 20.8 Å². The third-order valence-corrected chi connectivity index (χ3v) is 2.06. The molecular formula is C9H13N5O3. The molecule has 6 N–H and O–H groups in total. The monoisotopic (exact) mass is 239 g/mol. The number of rotatable bonds is 6. The van der Waals surface area contributed by atoms with Crippen LogP contribution in [0.25, 0.3) is 0 Å². The Bertz CT molecular complexity index is 435. The zero-order valence-electron chi connectivity index (χ0n) is 8.97. The van der Waals surface area contributed by atoms with Crippen molar-refractivity contribution >= 4 is 23.0 Å². The predicted molar refractivity (Wildman–Crippen MR) is 63.2 cm³/mol. The molecule has 0 heterocycles. The molecule has 0 aliphatic rings. The molecule has 0 bridgehead atoms. The number of nitrogens with one attached hydrogen (secondary N) is 2. The van der Waals surface area contributed by atoms with Gasteiger partial charge in [0, 0.05) is 13.0 Å². The minimum absolute atomic E-state index is 0.0947. The molecule has 0 unspecified atom stereocenters. The lowest BCUT2D eigenvalue weighted by Crippen LogP contribution is -2.17.